The van der Waals surface area contributed by atoms with Crippen molar-refractivity contribution in [2.45, 2.75) is 19.9 Å². The fourth-order valence-electron chi connectivity index (χ4n) is 3.54. The van der Waals surface area contributed by atoms with Crippen molar-refractivity contribution in [2.75, 3.05) is 31.2 Å². The number of carbonyl (C=O) groups excluding carboxylic acids is 1. The van der Waals surface area contributed by atoms with Crippen molar-refractivity contribution in [1.29, 1.82) is 0 Å². The monoisotopic (exact) mass is 409 g/mol. The number of aromatic nitrogens is 3. The van der Waals surface area contributed by atoms with Gasteiger partial charge in [-0.1, -0.05) is 13.0 Å². The molecular weight excluding hydrogens is 386 g/mol. The molecule has 0 unspecified atom stereocenters. The fourth-order valence-corrected chi connectivity index (χ4v) is 3.54. The van der Waals surface area contributed by atoms with Gasteiger partial charge in [-0.15, -0.1) is 0 Å². The van der Waals surface area contributed by atoms with Crippen molar-refractivity contribution in [3.8, 4) is 0 Å². The van der Waals surface area contributed by atoms with Crippen LogP contribution >= 0.6 is 0 Å². The van der Waals surface area contributed by atoms with Crippen LogP contribution in [0.2, 0.25) is 0 Å². The first-order chi connectivity index (χ1) is 14.6. The molecule has 156 valence electrons. The third kappa shape index (κ3) is 3.84. The Morgan fingerprint density at radius 3 is 2.70 bits per heavy atom. The molecule has 30 heavy (non-hydrogen) atoms. The Morgan fingerprint density at radius 2 is 2.03 bits per heavy atom. The number of carbonyl (C=O) groups is 2. The van der Waals surface area contributed by atoms with Gasteiger partial charge in [-0.3, -0.25) is 9.20 Å². The molecule has 1 fully saturated rings. The lowest BCUT2D eigenvalue weighted by atomic mass is 10.2. The van der Waals surface area contributed by atoms with E-state index in [-0.39, 0.29) is 11.6 Å². The maximum Gasteiger partial charge on any atom is 0.354 e. The molecule has 0 radical (unpaired) electrons. The van der Waals surface area contributed by atoms with E-state index in [4.69, 9.17) is 4.74 Å². The summed E-state index contributed by atoms with van der Waals surface area (Å²) in [7, 11) is 0. The van der Waals surface area contributed by atoms with Crippen LogP contribution in [0, 0.1) is 0 Å². The van der Waals surface area contributed by atoms with Gasteiger partial charge in [0.15, 0.2) is 11.3 Å². The number of aryl methyl sites for hydroxylation is 1. The summed E-state index contributed by atoms with van der Waals surface area (Å²) in [5.74, 6) is -0.491. The van der Waals surface area contributed by atoms with Crippen molar-refractivity contribution in [3.63, 3.8) is 0 Å². The molecule has 4 heterocycles. The second kappa shape index (κ2) is 8.50. The molecule has 0 aromatic carbocycles. The Hall–Kier alpha value is -3.46. The minimum Gasteiger partial charge on any atom is -0.477 e. The van der Waals surface area contributed by atoms with Crippen LogP contribution in [0.5, 0.6) is 0 Å². The molecule has 9 heteroatoms. The molecule has 1 aliphatic heterocycles. The summed E-state index contributed by atoms with van der Waals surface area (Å²) in [5.41, 5.74) is 2.08. The largest absolute Gasteiger partial charge is 0.477 e. The third-order valence-corrected chi connectivity index (χ3v) is 5.10. The van der Waals surface area contributed by atoms with Gasteiger partial charge < -0.3 is 20.1 Å². The number of amides is 1. The average Bonchev–Trinajstić information content (AvgIpc) is 3.17. The van der Waals surface area contributed by atoms with Crippen LogP contribution in [-0.4, -0.2) is 57.7 Å². The van der Waals surface area contributed by atoms with E-state index in [2.05, 4.69) is 20.2 Å². The molecule has 0 spiro atoms. The molecule has 2 N–H and O–H groups in total. The van der Waals surface area contributed by atoms with E-state index in [0.717, 1.165) is 24.5 Å². The smallest absolute Gasteiger partial charge is 0.354 e. The molecule has 1 amide bonds. The van der Waals surface area contributed by atoms with Crippen LogP contribution in [0.15, 0.2) is 36.7 Å². The van der Waals surface area contributed by atoms with E-state index >= 15 is 0 Å². The number of carboxylic acids is 1. The van der Waals surface area contributed by atoms with Crippen LogP contribution in [0.25, 0.3) is 5.65 Å². The summed E-state index contributed by atoms with van der Waals surface area (Å²) in [4.78, 5) is 35.4. The SMILES string of the molecule is CCc1nc2c(C(=O)NCc3ccc(N4CCOCC4)nc3)cccn2c1C(=O)O. The molecule has 0 saturated carbocycles. The van der Waals surface area contributed by atoms with Gasteiger partial charge in [0.2, 0.25) is 0 Å². The third-order valence-electron chi connectivity index (χ3n) is 5.10. The first kappa shape index (κ1) is 19.8. The number of imidazole rings is 1. The standard InChI is InChI=1S/C21H23N5O4/c1-2-16-18(21(28)29)26-7-3-4-15(19(26)24-16)20(27)23-13-14-5-6-17(22-12-14)25-8-10-30-11-9-25/h3-7,12H,2,8-11,13H2,1H3,(H,23,27)(H,28,29). The number of morpholine rings is 1. The van der Waals surface area contributed by atoms with Crippen molar-refractivity contribution >= 4 is 23.3 Å². The Bertz CT molecular complexity index is 1070. The first-order valence-corrected chi connectivity index (χ1v) is 9.87. The van der Waals surface area contributed by atoms with E-state index in [9.17, 15) is 14.7 Å². The molecule has 0 atom stereocenters. The summed E-state index contributed by atoms with van der Waals surface area (Å²) in [6, 6.07) is 7.16. The average molecular weight is 409 g/mol. The van der Waals surface area contributed by atoms with E-state index in [0.29, 0.717) is 43.1 Å². The number of carboxylic acid groups (broad SMARTS) is 1. The number of aromatic carboxylic acids is 1. The van der Waals surface area contributed by atoms with E-state index in [1.54, 1.807) is 24.5 Å². The van der Waals surface area contributed by atoms with Crippen LogP contribution < -0.4 is 10.2 Å². The lowest BCUT2D eigenvalue weighted by Gasteiger charge is -2.27. The highest BCUT2D eigenvalue weighted by Crippen LogP contribution is 2.18. The van der Waals surface area contributed by atoms with Crippen molar-refractivity contribution in [2.24, 2.45) is 0 Å². The van der Waals surface area contributed by atoms with Crippen molar-refractivity contribution in [3.05, 3.63) is 59.2 Å². The first-order valence-electron chi connectivity index (χ1n) is 9.87. The summed E-state index contributed by atoms with van der Waals surface area (Å²) in [5, 5.41) is 12.4. The predicted octanol–water partition coefficient (Wildman–Crippen LogP) is 1.76. The van der Waals surface area contributed by atoms with E-state index in [1.807, 2.05) is 19.1 Å². The van der Waals surface area contributed by atoms with Crippen LogP contribution in [0.1, 0.15) is 39.0 Å². The van der Waals surface area contributed by atoms with Crippen LogP contribution in [-0.2, 0) is 17.7 Å². The number of nitrogens with one attached hydrogen (secondary N) is 1. The number of hydrogen-bond acceptors (Lipinski definition) is 6. The predicted molar refractivity (Wildman–Crippen MR) is 110 cm³/mol. The molecule has 3 aromatic rings. The number of pyridine rings is 2. The molecule has 4 rings (SSSR count). The second-order valence-electron chi connectivity index (χ2n) is 6.99. The lowest BCUT2D eigenvalue weighted by molar-refractivity contribution is 0.0687. The minimum atomic E-state index is -1.07. The van der Waals surface area contributed by atoms with Gasteiger partial charge >= 0.3 is 5.97 Å². The molecule has 3 aromatic heterocycles. The van der Waals surface area contributed by atoms with Gasteiger partial charge in [0.25, 0.3) is 5.91 Å². The van der Waals surface area contributed by atoms with Gasteiger partial charge in [-0.25, -0.2) is 14.8 Å². The molecule has 1 aliphatic rings. The Balaban J connectivity index is 1.49. The Labute approximate surface area is 173 Å². The normalized spacial score (nSPS) is 14.1. The molecule has 9 nitrogen and oxygen atoms in total. The van der Waals surface area contributed by atoms with Gasteiger partial charge in [0.05, 0.1) is 24.5 Å². The molecular formula is C21H23N5O4. The number of ether oxygens (including phenoxy) is 1. The highest BCUT2D eigenvalue weighted by atomic mass is 16.5. The summed E-state index contributed by atoms with van der Waals surface area (Å²) in [6.07, 6.45) is 3.82. The summed E-state index contributed by atoms with van der Waals surface area (Å²) in [6.45, 7) is 5.17. The number of hydrogen-bond donors (Lipinski definition) is 2. The zero-order valence-electron chi connectivity index (χ0n) is 16.7. The molecule has 1 saturated heterocycles. The molecule has 0 bridgehead atoms. The van der Waals surface area contributed by atoms with E-state index < -0.39 is 5.97 Å². The van der Waals surface area contributed by atoms with Gasteiger partial charge in [-0.05, 0) is 30.2 Å². The van der Waals surface area contributed by atoms with Crippen LogP contribution in [0.3, 0.4) is 0 Å². The molecule has 0 aliphatic carbocycles. The van der Waals surface area contributed by atoms with Crippen LogP contribution in [0.4, 0.5) is 5.82 Å². The van der Waals surface area contributed by atoms with Gasteiger partial charge in [0, 0.05) is 32.0 Å². The number of fused-ring (bicyclic) bond motifs is 1. The maximum atomic E-state index is 12.8. The van der Waals surface area contributed by atoms with Gasteiger partial charge in [0.1, 0.15) is 5.82 Å². The summed E-state index contributed by atoms with van der Waals surface area (Å²) >= 11 is 0. The second-order valence-corrected chi connectivity index (χ2v) is 6.99. The van der Waals surface area contributed by atoms with E-state index in [1.165, 1.54) is 4.40 Å². The Morgan fingerprint density at radius 1 is 1.23 bits per heavy atom. The van der Waals surface area contributed by atoms with Crippen molar-refractivity contribution in [1.82, 2.24) is 19.7 Å². The Kier molecular flexibility index (Phi) is 5.62. The maximum absolute atomic E-state index is 12.8. The quantitative estimate of drug-likeness (QED) is 0.638. The minimum absolute atomic E-state index is 0.0880. The number of nitrogens with zero attached hydrogens (tertiary/aromatic N) is 4. The highest BCUT2D eigenvalue weighted by molar-refractivity contribution is 6.01. The topological polar surface area (TPSA) is 109 Å². The lowest BCUT2D eigenvalue weighted by Crippen LogP contribution is -2.36. The zero-order valence-corrected chi connectivity index (χ0v) is 16.7. The van der Waals surface area contributed by atoms with Crippen molar-refractivity contribution < 1.29 is 19.4 Å². The van der Waals surface area contributed by atoms with Gasteiger partial charge in [-0.2, -0.15) is 0 Å². The number of rotatable bonds is 6. The highest BCUT2D eigenvalue weighted by Gasteiger charge is 2.21. The zero-order chi connectivity index (χ0) is 21.1. The fraction of sp³-hybridized carbons (Fsp3) is 0.333. The number of anilines is 1. The summed E-state index contributed by atoms with van der Waals surface area (Å²) < 4.78 is 6.81.